The van der Waals surface area contributed by atoms with E-state index in [9.17, 15) is 35.1 Å². The average molecular weight is 270 g/mol. The highest BCUT2D eigenvalue weighted by Gasteiger charge is 2.85. The number of hydrogen-bond donors (Lipinski definition) is 0. The molecule has 102 valence electrons. The standard InChI is InChI=1S/C9H10F8/c1-2-5-3-7(12,9(15,16)17)8(13,14)6(5,11)4-10/h5H,2-4H2,1H3. The smallest absolute Gasteiger partial charge is 0.247 e. The van der Waals surface area contributed by atoms with Crippen molar-refractivity contribution in [2.24, 2.45) is 5.92 Å². The van der Waals surface area contributed by atoms with Gasteiger partial charge in [-0.15, -0.1) is 0 Å². The van der Waals surface area contributed by atoms with E-state index in [1.807, 2.05) is 0 Å². The maximum absolute atomic E-state index is 13.6. The Labute approximate surface area is 92.0 Å². The van der Waals surface area contributed by atoms with E-state index in [2.05, 4.69) is 0 Å². The van der Waals surface area contributed by atoms with Crippen molar-refractivity contribution >= 4 is 0 Å². The second-order valence-corrected chi connectivity index (χ2v) is 4.18. The van der Waals surface area contributed by atoms with Gasteiger partial charge in [0, 0.05) is 12.3 Å². The van der Waals surface area contributed by atoms with Crippen LogP contribution < -0.4 is 0 Å². The number of hydrogen-bond acceptors (Lipinski definition) is 0. The normalized spacial score (nSPS) is 41.8. The Morgan fingerprint density at radius 3 is 1.82 bits per heavy atom. The molecule has 0 bridgehead atoms. The van der Waals surface area contributed by atoms with E-state index < -0.39 is 48.9 Å². The molecular weight excluding hydrogens is 260 g/mol. The first kappa shape index (κ1) is 14.5. The zero-order valence-electron chi connectivity index (χ0n) is 8.72. The topological polar surface area (TPSA) is 0 Å². The van der Waals surface area contributed by atoms with Gasteiger partial charge in [-0.2, -0.15) is 22.0 Å². The number of rotatable bonds is 2. The third kappa shape index (κ3) is 1.55. The lowest BCUT2D eigenvalue weighted by Crippen LogP contribution is -2.59. The van der Waals surface area contributed by atoms with Gasteiger partial charge < -0.3 is 0 Å². The van der Waals surface area contributed by atoms with Crippen LogP contribution in [0.1, 0.15) is 19.8 Å². The molecule has 0 saturated heterocycles. The molecule has 1 fully saturated rings. The maximum atomic E-state index is 13.6. The summed E-state index contributed by atoms with van der Waals surface area (Å²) in [5.41, 5.74) is -9.12. The van der Waals surface area contributed by atoms with Gasteiger partial charge in [0.1, 0.15) is 6.67 Å². The Hall–Kier alpha value is -0.560. The predicted octanol–water partition coefficient (Wildman–Crippen LogP) is 4.00. The molecule has 0 aromatic heterocycles. The molecule has 3 unspecified atom stereocenters. The molecule has 0 spiro atoms. The number of alkyl halides is 8. The second kappa shape index (κ2) is 3.71. The minimum atomic E-state index is -5.94. The van der Waals surface area contributed by atoms with Crippen LogP contribution in [0.25, 0.3) is 0 Å². The van der Waals surface area contributed by atoms with E-state index in [-0.39, 0.29) is 0 Å². The van der Waals surface area contributed by atoms with Crippen molar-refractivity contribution in [2.45, 2.75) is 43.2 Å². The van der Waals surface area contributed by atoms with Gasteiger partial charge in [-0.3, -0.25) is 0 Å². The highest BCUT2D eigenvalue weighted by molar-refractivity contribution is 5.19. The zero-order valence-corrected chi connectivity index (χ0v) is 8.72. The van der Waals surface area contributed by atoms with Crippen molar-refractivity contribution in [1.29, 1.82) is 0 Å². The summed E-state index contributed by atoms with van der Waals surface area (Å²) < 4.78 is 103. The first-order chi connectivity index (χ1) is 7.48. The molecule has 0 N–H and O–H groups in total. The van der Waals surface area contributed by atoms with E-state index in [1.54, 1.807) is 0 Å². The first-order valence-electron chi connectivity index (χ1n) is 4.86. The third-order valence-electron chi connectivity index (χ3n) is 3.33. The Kier molecular flexibility index (Phi) is 3.17. The first-order valence-corrected chi connectivity index (χ1v) is 4.86. The fourth-order valence-corrected chi connectivity index (χ4v) is 2.17. The fraction of sp³-hybridized carbons (Fsp3) is 1.00. The quantitative estimate of drug-likeness (QED) is 0.665. The monoisotopic (exact) mass is 270 g/mol. The third-order valence-corrected chi connectivity index (χ3v) is 3.33. The van der Waals surface area contributed by atoms with Gasteiger partial charge in [0.15, 0.2) is 0 Å². The van der Waals surface area contributed by atoms with E-state index in [0.29, 0.717) is 0 Å². The molecule has 0 amide bonds. The molecule has 0 heterocycles. The van der Waals surface area contributed by atoms with Crippen LogP contribution in [-0.2, 0) is 0 Å². The van der Waals surface area contributed by atoms with Gasteiger partial charge in [-0.05, 0) is 6.42 Å². The Balaban J connectivity index is 3.33. The molecule has 17 heavy (non-hydrogen) atoms. The van der Waals surface area contributed by atoms with Gasteiger partial charge in [-0.1, -0.05) is 6.92 Å². The summed E-state index contributed by atoms with van der Waals surface area (Å²) in [7, 11) is 0. The average Bonchev–Trinajstić information content (AvgIpc) is 2.36. The van der Waals surface area contributed by atoms with Crippen LogP contribution in [0.15, 0.2) is 0 Å². The van der Waals surface area contributed by atoms with Crippen LogP contribution in [0, 0.1) is 5.92 Å². The summed E-state index contributed by atoms with van der Waals surface area (Å²) in [6, 6.07) is 0. The lowest BCUT2D eigenvalue weighted by Gasteiger charge is -2.34. The summed E-state index contributed by atoms with van der Waals surface area (Å²) in [5, 5.41) is 0. The molecule has 0 aliphatic heterocycles. The van der Waals surface area contributed by atoms with Gasteiger partial charge in [0.25, 0.3) is 5.67 Å². The molecule has 0 radical (unpaired) electrons. The molecule has 1 saturated carbocycles. The van der Waals surface area contributed by atoms with Gasteiger partial charge in [-0.25, -0.2) is 13.2 Å². The molecule has 1 aliphatic rings. The van der Waals surface area contributed by atoms with Crippen molar-refractivity contribution in [3.63, 3.8) is 0 Å². The van der Waals surface area contributed by atoms with E-state index >= 15 is 0 Å². The van der Waals surface area contributed by atoms with Crippen LogP contribution in [0.4, 0.5) is 35.1 Å². The molecular formula is C9H10F8. The highest BCUT2D eigenvalue weighted by Crippen LogP contribution is 2.63. The van der Waals surface area contributed by atoms with Gasteiger partial charge in [0.2, 0.25) is 5.67 Å². The van der Waals surface area contributed by atoms with Crippen molar-refractivity contribution in [1.82, 2.24) is 0 Å². The molecule has 8 heteroatoms. The van der Waals surface area contributed by atoms with Gasteiger partial charge >= 0.3 is 12.1 Å². The molecule has 0 aromatic carbocycles. The zero-order chi connectivity index (χ0) is 13.7. The molecule has 3 atom stereocenters. The summed E-state index contributed by atoms with van der Waals surface area (Å²) in [6.07, 6.45) is -8.20. The van der Waals surface area contributed by atoms with Crippen LogP contribution in [0.3, 0.4) is 0 Å². The maximum Gasteiger partial charge on any atom is 0.428 e. The fourth-order valence-electron chi connectivity index (χ4n) is 2.17. The van der Waals surface area contributed by atoms with Crippen molar-refractivity contribution in [3.8, 4) is 0 Å². The van der Waals surface area contributed by atoms with Gasteiger partial charge in [0.05, 0.1) is 0 Å². The molecule has 0 nitrogen and oxygen atoms in total. The highest BCUT2D eigenvalue weighted by atomic mass is 19.4. The molecule has 0 aromatic rings. The predicted molar refractivity (Wildman–Crippen MR) is 43.1 cm³/mol. The Morgan fingerprint density at radius 2 is 1.59 bits per heavy atom. The summed E-state index contributed by atoms with van der Waals surface area (Å²) in [4.78, 5) is 0. The van der Waals surface area contributed by atoms with Crippen LogP contribution >= 0.6 is 0 Å². The van der Waals surface area contributed by atoms with E-state index in [1.165, 1.54) is 0 Å². The number of halogens is 8. The molecule has 1 rings (SSSR count). The van der Waals surface area contributed by atoms with Crippen LogP contribution in [0.5, 0.6) is 0 Å². The van der Waals surface area contributed by atoms with Crippen molar-refractivity contribution in [3.05, 3.63) is 0 Å². The summed E-state index contributed by atoms with van der Waals surface area (Å²) >= 11 is 0. The minimum Gasteiger partial charge on any atom is -0.247 e. The Bertz CT molecular complexity index is 298. The molecule has 1 aliphatic carbocycles. The van der Waals surface area contributed by atoms with E-state index in [0.717, 1.165) is 6.92 Å². The van der Waals surface area contributed by atoms with Crippen LogP contribution in [0.2, 0.25) is 0 Å². The largest absolute Gasteiger partial charge is 0.428 e. The summed E-state index contributed by atoms with van der Waals surface area (Å²) in [6.45, 7) is -1.24. The lowest BCUT2D eigenvalue weighted by atomic mass is 9.89. The summed E-state index contributed by atoms with van der Waals surface area (Å²) in [5.74, 6) is -7.43. The van der Waals surface area contributed by atoms with Crippen molar-refractivity contribution in [2.75, 3.05) is 6.67 Å². The van der Waals surface area contributed by atoms with Crippen LogP contribution in [-0.4, -0.2) is 30.1 Å². The second-order valence-electron chi connectivity index (χ2n) is 4.18. The van der Waals surface area contributed by atoms with Crippen molar-refractivity contribution < 1.29 is 35.1 Å². The lowest BCUT2D eigenvalue weighted by molar-refractivity contribution is -0.311. The Morgan fingerprint density at radius 1 is 1.12 bits per heavy atom. The SMILES string of the molecule is CCC1CC(F)(C(F)(F)F)C(F)(F)C1(F)CF. The minimum absolute atomic E-state index is 0.502. The van der Waals surface area contributed by atoms with E-state index in [4.69, 9.17) is 0 Å².